The van der Waals surface area contributed by atoms with E-state index in [0.29, 0.717) is 63.4 Å². The Kier molecular flexibility index (Phi) is 10.6. The van der Waals surface area contributed by atoms with Crippen molar-refractivity contribution in [1.82, 2.24) is 20.9 Å². The molecular weight excluding hydrogens is 416 g/mol. The number of likely N-dealkylation sites (N-methyl/N-ethyl adjacent to an activating group) is 1. The molecule has 8 heteroatoms. The van der Waals surface area contributed by atoms with Crippen molar-refractivity contribution in [1.29, 1.82) is 0 Å². The number of amides is 3. The van der Waals surface area contributed by atoms with Crippen LogP contribution >= 0.6 is 11.6 Å². The monoisotopic (exact) mass is 452 g/mol. The second-order valence-corrected chi connectivity index (χ2v) is 8.65. The minimum Gasteiger partial charge on any atom is -0.385 e. The van der Waals surface area contributed by atoms with Crippen molar-refractivity contribution in [2.45, 2.75) is 51.0 Å². The lowest BCUT2D eigenvalue weighted by atomic mass is 9.74. The Balaban J connectivity index is 2.10. The van der Waals surface area contributed by atoms with Gasteiger partial charge in [0.25, 0.3) is 0 Å². The molecule has 4 N–H and O–H groups in total. The smallest absolute Gasteiger partial charge is 0.317 e. The molecular formula is C23H37ClN4O3. The summed E-state index contributed by atoms with van der Waals surface area (Å²) in [6.45, 7) is 4.98. The number of unbranched alkanes of at least 4 members (excludes halogenated alkanes) is 1. The van der Waals surface area contributed by atoms with Gasteiger partial charge in [0.15, 0.2) is 0 Å². The van der Waals surface area contributed by atoms with Gasteiger partial charge in [-0.25, -0.2) is 4.79 Å². The molecule has 1 aromatic carbocycles. The van der Waals surface area contributed by atoms with Gasteiger partial charge in [-0.1, -0.05) is 23.7 Å². The number of benzene rings is 1. The fourth-order valence-electron chi connectivity index (χ4n) is 4.27. The van der Waals surface area contributed by atoms with Gasteiger partial charge in [-0.2, -0.15) is 0 Å². The van der Waals surface area contributed by atoms with Crippen LogP contribution in [0.15, 0.2) is 24.3 Å². The van der Waals surface area contributed by atoms with E-state index in [4.69, 9.17) is 11.6 Å². The highest BCUT2D eigenvalue weighted by Crippen LogP contribution is 2.40. The molecule has 0 aromatic heterocycles. The van der Waals surface area contributed by atoms with Crippen LogP contribution < -0.4 is 16.0 Å². The normalized spacial score (nSPS) is 18.3. The average Bonchev–Trinajstić information content (AvgIpc) is 2.77. The fourth-order valence-corrected chi connectivity index (χ4v) is 4.46. The Morgan fingerprint density at radius 2 is 2.06 bits per heavy atom. The number of carbonyl (C=O) groups excluding carboxylic acids is 2. The Hall–Kier alpha value is -1.83. The molecule has 1 heterocycles. The molecule has 1 fully saturated rings. The van der Waals surface area contributed by atoms with Gasteiger partial charge < -0.3 is 26.0 Å². The molecule has 1 aliphatic heterocycles. The average molecular weight is 453 g/mol. The highest BCUT2D eigenvalue weighted by atomic mass is 35.5. The number of rotatable bonds is 11. The third kappa shape index (κ3) is 7.66. The minimum atomic E-state index is -1.10. The molecule has 7 nitrogen and oxygen atoms in total. The first kappa shape index (κ1) is 25.4. The van der Waals surface area contributed by atoms with Crippen LogP contribution in [0.25, 0.3) is 0 Å². The van der Waals surface area contributed by atoms with Crippen molar-refractivity contribution in [2.24, 2.45) is 5.92 Å². The third-order valence-electron chi connectivity index (χ3n) is 5.95. The van der Waals surface area contributed by atoms with E-state index in [1.54, 1.807) is 11.0 Å². The molecule has 0 spiro atoms. The fraction of sp³-hybridized carbons (Fsp3) is 0.652. The molecule has 31 heavy (non-hydrogen) atoms. The van der Waals surface area contributed by atoms with E-state index in [9.17, 15) is 14.7 Å². The molecule has 1 aliphatic rings. The quantitative estimate of drug-likeness (QED) is 0.388. The third-order valence-corrected chi connectivity index (χ3v) is 6.18. The van der Waals surface area contributed by atoms with Crippen LogP contribution in [0.5, 0.6) is 0 Å². The van der Waals surface area contributed by atoms with Crippen molar-refractivity contribution in [2.75, 3.05) is 39.8 Å². The maximum atomic E-state index is 12.6. The van der Waals surface area contributed by atoms with Gasteiger partial charge in [-0.3, -0.25) is 4.79 Å². The minimum absolute atomic E-state index is 0.0378. The van der Waals surface area contributed by atoms with Crippen LogP contribution in [0.4, 0.5) is 4.79 Å². The summed E-state index contributed by atoms with van der Waals surface area (Å²) in [7, 11) is 1.85. The molecule has 0 saturated carbocycles. The Morgan fingerprint density at radius 1 is 1.26 bits per heavy atom. The molecule has 174 valence electrons. The summed E-state index contributed by atoms with van der Waals surface area (Å²) >= 11 is 6.23. The summed E-state index contributed by atoms with van der Waals surface area (Å²) in [6, 6.07) is 7.27. The van der Waals surface area contributed by atoms with E-state index >= 15 is 0 Å². The summed E-state index contributed by atoms with van der Waals surface area (Å²) in [5.74, 6) is -0.0601. The van der Waals surface area contributed by atoms with Gasteiger partial charge in [0.05, 0.1) is 5.60 Å². The lowest BCUT2D eigenvalue weighted by Gasteiger charge is -2.43. The molecule has 3 amide bonds. The maximum Gasteiger partial charge on any atom is 0.317 e. The highest BCUT2D eigenvalue weighted by Gasteiger charge is 2.41. The van der Waals surface area contributed by atoms with Crippen LogP contribution in [-0.2, 0) is 10.4 Å². The van der Waals surface area contributed by atoms with Gasteiger partial charge >= 0.3 is 6.03 Å². The number of hydrogen-bond acceptors (Lipinski definition) is 4. The molecule has 1 aromatic rings. The van der Waals surface area contributed by atoms with E-state index in [1.807, 2.05) is 32.2 Å². The lowest BCUT2D eigenvalue weighted by molar-refractivity contribution is -0.121. The standard InChI is InChI=1S/C23H37ClN4O3/c1-3-26-21(29)11-4-5-12-23(31,18-8-6-10-20(24)16-18)19-9-7-15-28(17-19)22(30)27-14-13-25-2/h6,8,10,16,19,25,31H,3-5,7,9,11-15,17H2,1-2H3,(H,26,29)(H,27,30). The zero-order valence-electron chi connectivity index (χ0n) is 18.8. The largest absolute Gasteiger partial charge is 0.385 e. The first-order valence-corrected chi connectivity index (χ1v) is 11.7. The number of aliphatic hydroxyl groups is 1. The summed E-state index contributed by atoms with van der Waals surface area (Å²) in [6.07, 6.45) is 4.06. The van der Waals surface area contributed by atoms with Crippen LogP contribution in [0.2, 0.25) is 5.02 Å². The van der Waals surface area contributed by atoms with Crippen LogP contribution in [-0.4, -0.2) is 61.7 Å². The summed E-state index contributed by atoms with van der Waals surface area (Å²) < 4.78 is 0. The van der Waals surface area contributed by atoms with Gasteiger partial charge in [0, 0.05) is 50.1 Å². The van der Waals surface area contributed by atoms with Crippen molar-refractivity contribution in [3.05, 3.63) is 34.9 Å². The number of hydrogen-bond donors (Lipinski definition) is 4. The van der Waals surface area contributed by atoms with Crippen LogP contribution in [0.3, 0.4) is 0 Å². The van der Waals surface area contributed by atoms with Gasteiger partial charge in [-0.05, 0) is 63.8 Å². The highest BCUT2D eigenvalue weighted by molar-refractivity contribution is 6.30. The first-order chi connectivity index (χ1) is 14.9. The molecule has 0 bridgehead atoms. The molecule has 2 rings (SSSR count). The first-order valence-electron chi connectivity index (χ1n) is 11.3. The number of piperidine rings is 1. The Labute approximate surface area is 190 Å². The van der Waals surface area contributed by atoms with Gasteiger partial charge in [-0.15, -0.1) is 0 Å². The maximum absolute atomic E-state index is 12.6. The number of halogens is 1. The Morgan fingerprint density at radius 3 is 2.77 bits per heavy atom. The topological polar surface area (TPSA) is 93.7 Å². The zero-order chi connectivity index (χ0) is 22.7. The Bertz CT molecular complexity index is 718. The zero-order valence-corrected chi connectivity index (χ0v) is 19.5. The number of carbonyl (C=O) groups is 2. The number of nitrogens with zero attached hydrogens (tertiary/aromatic N) is 1. The second-order valence-electron chi connectivity index (χ2n) is 8.22. The van der Waals surface area contributed by atoms with Crippen molar-refractivity contribution in [3.63, 3.8) is 0 Å². The van der Waals surface area contributed by atoms with Crippen LogP contribution in [0.1, 0.15) is 51.0 Å². The molecule has 2 unspecified atom stereocenters. The number of urea groups is 1. The molecule has 0 aliphatic carbocycles. The van der Waals surface area contributed by atoms with E-state index in [0.717, 1.165) is 18.4 Å². The number of likely N-dealkylation sites (tertiary alicyclic amines) is 1. The van der Waals surface area contributed by atoms with Crippen LogP contribution in [0, 0.1) is 5.92 Å². The molecule has 2 atom stereocenters. The van der Waals surface area contributed by atoms with E-state index in [-0.39, 0.29) is 17.9 Å². The number of nitrogens with one attached hydrogen (secondary N) is 3. The summed E-state index contributed by atoms with van der Waals surface area (Å²) in [5, 5.41) is 21.2. The summed E-state index contributed by atoms with van der Waals surface area (Å²) in [5.41, 5.74) is -0.323. The van der Waals surface area contributed by atoms with E-state index < -0.39 is 5.60 Å². The molecule has 1 saturated heterocycles. The van der Waals surface area contributed by atoms with E-state index in [2.05, 4.69) is 16.0 Å². The predicted molar refractivity (Wildman–Crippen MR) is 124 cm³/mol. The van der Waals surface area contributed by atoms with Gasteiger partial charge in [0.1, 0.15) is 0 Å². The summed E-state index contributed by atoms with van der Waals surface area (Å²) in [4.78, 5) is 26.1. The van der Waals surface area contributed by atoms with Crippen molar-refractivity contribution >= 4 is 23.5 Å². The predicted octanol–water partition coefficient (Wildman–Crippen LogP) is 2.87. The lowest BCUT2D eigenvalue weighted by Crippen LogP contribution is -2.51. The SMILES string of the molecule is CCNC(=O)CCCCC(O)(c1cccc(Cl)c1)C1CCCN(C(=O)NCCNC)C1. The van der Waals surface area contributed by atoms with Crippen molar-refractivity contribution < 1.29 is 14.7 Å². The van der Waals surface area contributed by atoms with E-state index in [1.165, 1.54) is 0 Å². The molecule has 0 radical (unpaired) electrons. The van der Waals surface area contributed by atoms with Gasteiger partial charge in [0.2, 0.25) is 5.91 Å². The second kappa shape index (κ2) is 12.9. The van der Waals surface area contributed by atoms with Crippen molar-refractivity contribution in [3.8, 4) is 0 Å².